The van der Waals surface area contributed by atoms with Gasteiger partial charge in [-0.05, 0) is 58.8 Å². The second kappa shape index (κ2) is 5.62. The Kier molecular flexibility index (Phi) is 4.16. The lowest BCUT2D eigenvalue weighted by molar-refractivity contribution is -0.141. The third-order valence-electron chi connectivity index (χ3n) is 6.08. The Hall–Kier alpha value is -0.810. The van der Waals surface area contributed by atoms with E-state index < -0.39 is 16.7 Å². The number of nitrogens with zero attached hydrogens (tertiary/aromatic N) is 1. The lowest BCUT2D eigenvalue weighted by Crippen LogP contribution is -2.77. The minimum absolute atomic E-state index is 0.106. The van der Waals surface area contributed by atoms with Gasteiger partial charge in [-0.1, -0.05) is 19.3 Å². The van der Waals surface area contributed by atoms with Crippen LogP contribution in [-0.4, -0.2) is 45.4 Å². The van der Waals surface area contributed by atoms with Gasteiger partial charge in [-0.3, -0.25) is 0 Å². The van der Waals surface area contributed by atoms with Crippen molar-refractivity contribution < 1.29 is 14.6 Å². The maximum Gasteiger partial charge on any atom is 0.410 e. The molecule has 0 aromatic carbocycles. The average molecular weight is 324 g/mol. The minimum Gasteiger partial charge on any atom is -0.444 e. The first-order valence-electron chi connectivity index (χ1n) is 9.16. The zero-order valence-electron chi connectivity index (χ0n) is 14.8. The highest BCUT2D eigenvalue weighted by molar-refractivity contribution is 5.69. The Morgan fingerprint density at radius 2 is 1.87 bits per heavy atom. The Morgan fingerprint density at radius 1 is 1.22 bits per heavy atom. The van der Waals surface area contributed by atoms with Crippen LogP contribution in [-0.2, 0) is 4.74 Å². The maximum absolute atomic E-state index is 12.6. The van der Waals surface area contributed by atoms with Gasteiger partial charge in [0.15, 0.2) is 0 Å². The molecule has 2 aliphatic carbocycles. The first-order chi connectivity index (χ1) is 10.6. The molecule has 3 unspecified atom stereocenters. The van der Waals surface area contributed by atoms with Gasteiger partial charge < -0.3 is 20.5 Å². The lowest BCUT2D eigenvalue weighted by Gasteiger charge is -2.61. The van der Waals surface area contributed by atoms with Gasteiger partial charge in [0, 0.05) is 6.54 Å². The van der Waals surface area contributed by atoms with E-state index in [0.29, 0.717) is 12.5 Å². The average Bonchev–Trinajstić information content (AvgIpc) is 2.46. The smallest absolute Gasteiger partial charge is 0.410 e. The lowest BCUT2D eigenvalue weighted by atomic mass is 9.57. The van der Waals surface area contributed by atoms with Gasteiger partial charge in [0.1, 0.15) is 5.60 Å². The third-order valence-corrected chi connectivity index (χ3v) is 6.08. The summed E-state index contributed by atoms with van der Waals surface area (Å²) >= 11 is 0. The molecule has 3 atom stereocenters. The highest BCUT2D eigenvalue weighted by Crippen LogP contribution is 2.49. The highest BCUT2D eigenvalue weighted by Gasteiger charge is 2.60. The number of ether oxygens (including phenoxy) is 1. The van der Waals surface area contributed by atoms with Crippen molar-refractivity contribution in [2.24, 2.45) is 11.7 Å². The summed E-state index contributed by atoms with van der Waals surface area (Å²) in [6, 6.07) is -0.106. The van der Waals surface area contributed by atoms with E-state index in [2.05, 4.69) is 0 Å². The highest BCUT2D eigenvalue weighted by atomic mass is 16.6. The second-order valence-electron chi connectivity index (χ2n) is 8.93. The van der Waals surface area contributed by atoms with E-state index in [1.54, 1.807) is 0 Å². The molecule has 5 heteroatoms. The number of hydrogen-bond acceptors (Lipinski definition) is 4. The van der Waals surface area contributed by atoms with Crippen molar-refractivity contribution in [3.63, 3.8) is 0 Å². The first kappa shape index (κ1) is 17.0. The quantitative estimate of drug-likeness (QED) is 0.777. The molecule has 132 valence electrons. The van der Waals surface area contributed by atoms with E-state index in [1.807, 2.05) is 25.7 Å². The fraction of sp³-hybridized carbons (Fsp3) is 0.944. The van der Waals surface area contributed by atoms with Gasteiger partial charge in [-0.2, -0.15) is 0 Å². The van der Waals surface area contributed by atoms with E-state index in [9.17, 15) is 9.90 Å². The summed E-state index contributed by atoms with van der Waals surface area (Å²) in [5, 5.41) is 11.3. The van der Waals surface area contributed by atoms with E-state index in [0.717, 1.165) is 44.9 Å². The van der Waals surface area contributed by atoms with Crippen LogP contribution in [0.3, 0.4) is 0 Å². The van der Waals surface area contributed by atoms with Crippen molar-refractivity contribution in [1.29, 1.82) is 0 Å². The number of piperidine rings is 2. The summed E-state index contributed by atoms with van der Waals surface area (Å²) in [6.45, 7) is 6.38. The van der Waals surface area contributed by atoms with Gasteiger partial charge >= 0.3 is 6.09 Å². The SMILES string of the molecule is CC(C)(C)OC(=O)N1CC2CCC1C(N)(C1(O)CCCCC1)C2. The molecule has 0 aromatic heterocycles. The molecule has 2 saturated carbocycles. The molecule has 0 aromatic rings. The van der Waals surface area contributed by atoms with Crippen molar-refractivity contribution in [2.75, 3.05) is 6.54 Å². The number of aliphatic hydroxyl groups is 1. The Labute approximate surface area is 139 Å². The van der Waals surface area contributed by atoms with Crippen LogP contribution in [0.15, 0.2) is 0 Å². The van der Waals surface area contributed by atoms with Gasteiger partial charge in [-0.25, -0.2) is 4.79 Å². The van der Waals surface area contributed by atoms with Crippen LogP contribution in [0, 0.1) is 5.92 Å². The number of carbonyl (C=O) groups is 1. The fourth-order valence-electron chi connectivity index (χ4n) is 4.99. The molecule has 4 rings (SSSR count). The second-order valence-corrected chi connectivity index (χ2v) is 8.93. The summed E-state index contributed by atoms with van der Waals surface area (Å²) in [5.41, 5.74) is 4.81. The fourth-order valence-corrected chi connectivity index (χ4v) is 4.99. The van der Waals surface area contributed by atoms with Crippen molar-refractivity contribution in [1.82, 2.24) is 4.90 Å². The minimum atomic E-state index is -0.838. The predicted molar refractivity (Wildman–Crippen MR) is 89.0 cm³/mol. The van der Waals surface area contributed by atoms with Crippen LogP contribution < -0.4 is 5.73 Å². The van der Waals surface area contributed by atoms with E-state index >= 15 is 0 Å². The van der Waals surface area contributed by atoms with Crippen LogP contribution in [0.1, 0.15) is 72.1 Å². The van der Waals surface area contributed by atoms with E-state index in [-0.39, 0.29) is 12.1 Å². The molecule has 2 bridgehead atoms. The van der Waals surface area contributed by atoms with Crippen molar-refractivity contribution in [3.8, 4) is 0 Å². The molecule has 23 heavy (non-hydrogen) atoms. The summed E-state index contributed by atoms with van der Waals surface area (Å²) in [5.74, 6) is 0.378. The van der Waals surface area contributed by atoms with E-state index in [4.69, 9.17) is 10.5 Å². The number of fused-ring (bicyclic) bond motifs is 3. The zero-order valence-corrected chi connectivity index (χ0v) is 14.8. The molecule has 3 N–H and O–H groups in total. The van der Waals surface area contributed by atoms with Crippen LogP contribution in [0.4, 0.5) is 4.79 Å². The predicted octanol–water partition coefficient (Wildman–Crippen LogP) is 2.80. The molecule has 5 nitrogen and oxygen atoms in total. The molecule has 0 radical (unpaired) electrons. The standard InChI is InChI=1S/C18H32N2O3/c1-16(2,3)23-15(21)20-12-13-7-8-14(20)18(19,11-13)17(22)9-5-4-6-10-17/h13-14,22H,4-12,19H2,1-3H3. The molecular weight excluding hydrogens is 292 g/mol. The summed E-state index contributed by atoms with van der Waals surface area (Å²) in [7, 11) is 0. The van der Waals surface area contributed by atoms with Gasteiger partial charge in [0.25, 0.3) is 0 Å². The third kappa shape index (κ3) is 2.98. The van der Waals surface area contributed by atoms with Crippen LogP contribution >= 0.6 is 0 Å². The van der Waals surface area contributed by atoms with Crippen LogP contribution in [0.25, 0.3) is 0 Å². The molecular formula is C18H32N2O3. The molecule has 2 heterocycles. The van der Waals surface area contributed by atoms with Crippen LogP contribution in [0.5, 0.6) is 0 Å². The van der Waals surface area contributed by atoms with E-state index in [1.165, 1.54) is 6.42 Å². The number of carbonyl (C=O) groups excluding carboxylic acids is 1. The number of nitrogens with two attached hydrogens (primary N) is 1. The molecule has 4 aliphatic rings. The topological polar surface area (TPSA) is 75.8 Å². The molecule has 2 aliphatic heterocycles. The largest absolute Gasteiger partial charge is 0.444 e. The Bertz CT molecular complexity index is 467. The molecule has 1 amide bonds. The first-order valence-corrected chi connectivity index (χ1v) is 9.16. The van der Waals surface area contributed by atoms with Gasteiger partial charge in [0.05, 0.1) is 17.2 Å². The zero-order chi connectivity index (χ0) is 16.9. The maximum atomic E-state index is 12.6. The molecule has 0 spiro atoms. The number of rotatable bonds is 1. The summed E-state index contributed by atoms with van der Waals surface area (Å²) in [4.78, 5) is 14.5. The molecule has 4 fully saturated rings. The van der Waals surface area contributed by atoms with Crippen LogP contribution in [0.2, 0.25) is 0 Å². The Morgan fingerprint density at radius 3 is 2.43 bits per heavy atom. The summed E-state index contributed by atoms with van der Waals surface area (Å²) < 4.78 is 5.59. The van der Waals surface area contributed by atoms with Crippen molar-refractivity contribution in [3.05, 3.63) is 0 Å². The van der Waals surface area contributed by atoms with Crippen molar-refractivity contribution >= 4 is 6.09 Å². The van der Waals surface area contributed by atoms with Gasteiger partial charge in [-0.15, -0.1) is 0 Å². The van der Waals surface area contributed by atoms with Gasteiger partial charge in [0.2, 0.25) is 0 Å². The summed E-state index contributed by atoms with van der Waals surface area (Å²) in [6.07, 6.45) is 7.26. The normalized spacial score (nSPS) is 36.8. The Balaban J connectivity index is 1.84. The number of hydrogen-bond donors (Lipinski definition) is 2. The molecule has 2 saturated heterocycles. The number of amides is 1. The van der Waals surface area contributed by atoms with Crippen molar-refractivity contribution in [2.45, 2.75) is 94.9 Å². The monoisotopic (exact) mass is 324 g/mol.